The molecule has 1 aromatic heterocycles. The number of halogens is 1. The molecule has 6 nitrogen and oxygen atoms in total. The highest BCUT2D eigenvalue weighted by Crippen LogP contribution is 2.31. The number of nitrogens with two attached hydrogens (primary N) is 1. The Balaban J connectivity index is 2.48. The fourth-order valence-electron chi connectivity index (χ4n) is 1.63. The molecule has 0 saturated heterocycles. The van der Waals surface area contributed by atoms with Crippen LogP contribution in [0.2, 0.25) is 0 Å². The number of aromatic nitrogens is 1. The van der Waals surface area contributed by atoms with Crippen molar-refractivity contribution >= 4 is 23.0 Å². The Hall–Kier alpha value is -2.70. The number of nitrogens with zero attached hydrogens (tertiary/aromatic N) is 3. The van der Waals surface area contributed by atoms with E-state index in [2.05, 4.69) is 4.98 Å². The lowest BCUT2D eigenvalue weighted by Gasteiger charge is -2.18. The van der Waals surface area contributed by atoms with Crippen LogP contribution >= 0.6 is 0 Å². The molecule has 98 valence electrons. The molecule has 0 bridgehead atoms. The van der Waals surface area contributed by atoms with Crippen molar-refractivity contribution in [3.63, 3.8) is 0 Å². The van der Waals surface area contributed by atoms with Crippen LogP contribution < -0.4 is 10.6 Å². The third kappa shape index (κ3) is 2.59. The van der Waals surface area contributed by atoms with E-state index in [-0.39, 0.29) is 23.1 Å². The zero-order valence-electron chi connectivity index (χ0n) is 10.1. The highest BCUT2D eigenvalue weighted by Gasteiger charge is 2.20. The summed E-state index contributed by atoms with van der Waals surface area (Å²) < 4.78 is 12.9. The fraction of sp³-hybridized carbons (Fsp3) is 0.0833. The molecule has 0 amide bonds. The standard InChI is InChI=1S/C12H11FN4O2/c1-16(9-4-2-8(13)3-5-9)12-10(17(18)19)6-7-11(14)15-12/h2-7H,1H3,(H2,14,15). The third-order valence-corrected chi connectivity index (χ3v) is 2.60. The highest BCUT2D eigenvalue weighted by atomic mass is 19.1. The van der Waals surface area contributed by atoms with Gasteiger partial charge in [0.2, 0.25) is 5.82 Å². The quantitative estimate of drug-likeness (QED) is 0.678. The van der Waals surface area contributed by atoms with Crippen LogP contribution in [0.1, 0.15) is 0 Å². The summed E-state index contributed by atoms with van der Waals surface area (Å²) in [7, 11) is 1.60. The van der Waals surface area contributed by atoms with Gasteiger partial charge in [-0.2, -0.15) is 0 Å². The van der Waals surface area contributed by atoms with Gasteiger partial charge in [-0.3, -0.25) is 10.1 Å². The van der Waals surface area contributed by atoms with Gasteiger partial charge in [0.1, 0.15) is 11.6 Å². The number of anilines is 3. The van der Waals surface area contributed by atoms with Crippen LogP contribution in [0.5, 0.6) is 0 Å². The number of nitro groups is 1. The molecule has 7 heteroatoms. The van der Waals surface area contributed by atoms with Crippen molar-refractivity contribution in [2.45, 2.75) is 0 Å². The molecule has 2 rings (SSSR count). The Labute approximate surface area is 108 Å². The molecule has 2 N–H and O–H groups in total. The minimum atomic E-state index is -0.540. The molecule has 0 saturated carbocycles. The zero-order valence-corrected chi connectivity index (χ0v) is 10.1. The molecule has 0 spiro atoms. The summed E-state index contributed by atoms with van der Waals surface area (Å²) in [6, 6.07) is 8.19. The smallest absolute Gasteiger partial charge is 0.312 e. The first-order valence-corrected chi connectivity index (χ1v) is 5.39. The molecule has 1 heterocycles. The molecule has 0 unspecified atom stereocenters. The second-order valence-electron chi connectivity index (χ2n) is 3.87. The third-order valence-electron chi connectivity index (χ3n) is 2.60. The number of nitrogen functional groups attached to an aromatic ring is 1. The average Bonchev–Trinajstić information content (AvgIpc) is 2.38. The van der Waals surface area contributed by atoms with Gasteiger partial charge >= 0.3 is 5.69 Å². The number of hydrogen-bond donors (Lipinski definition) is 1. The van der Waals surface area contributed by atoms with Gasteiger partial charge in [0.15, 0.2) is 0 Å². The van der Waals surface area contributed by atoms with E-state index in [1.54, 1.807) is 7.05 Å². The predicted octanol–water partition coefficient (Wildman–Crippen LogP) is 2.48. The van der Waals surface area contributed by atoms with E-state index in [9.17, 15) is 14.5 Å². The van der Waals surface area contributed by atoms with E-state index >= 15 is 0 Å². The highest BCUT2D eigenvalue weighted by molar-refractivity contribution is 5.69. The van der Waals surface area contributed by atoms with Gasteiger partial charge in [-0.1, -0.05) is 0 Å². The van der Waals surface area contributed by atoms with Crippen molar-refractivity contribution in [1.82, 2.24) is 4.98 Å². The van der Waals surface area contributed by atoms with Crippen molar-refractivity contribution in [3.05, 3.63) is 52.3 Å². The van der Waals surface area contributed by atoms with Gasteiger partial charge in [-0.25, -0.2) is 9.37 Å². The minimum Gasteiger partial charge on any atom is -0.384 e. The van der Waals surface area contributed by atoms with Crippen LogP contribution in [-0.2, 0) is 0 Å². The fourth-order valence-corrected chi connectivity index (χ4v) is 1.63. The first-order chi connectivity index (χ1) is 8.99. The molecule has 2 aromatic rings. The molecule has 0 fully saturated rings. The summed E-state index contributed by atoms with van der Waals surface area (Å²) >= 11 is 0. The van der Waals surface area contributed by atoms with Crippen LogP contribution in [0, 0.1) is 15.9 Å². The van der Waals surface area contributed by atoms with E-state index < -0.39 is 4.92 Å². The van der Waals surface area contributed by atoms with E-state index in [0.29, 0.717) is 5.69 Å². The van der Waals surface area contributed by atoms with Crippen LogP contribution in [-0.4, -0.2) is 17.0 Å². The molecule has 0 radical (unpaired) electrons. The summed E-state index contributed by atoms with van der Waals surface area (Å²) in [5, 5.41) is 11.0. The largest absolute Gasteiger partial charge is 0.384 e. The molecule has 0 aliphatic rings. The zero-order chi connectivity index (χ0) is 14.0. The number of pyridine rings is 1. The van der Waals surface area contributed by atoms with Crippen molar-refractivity contribution in [2.75, 3.05) is 17.7 Å². The second-order valence-corrected chi connectivity index (χ2v) is 3.87. The van der Waals surface area contributed by atoms with Gasteiger partial charge in [0.05, 0.1) is 4.92 Å². The Morgan fingerprint density at radius 3 is 2.47 bits per heavy atom. The maximum absolute atomic E-state index is 12.9. The normalized spacial score (nSPS) is 10.2. The van der Waals surface area contributed by atoms with Crippen molar-refractivity contribution in [2.24, 2.45) is 0 Å². The Morgan fingerprint density at radius 1 is 1.26 bits per heavy atom. The number of benzene rings is 1. The second kappa shape index (κ2) is 4.89. The Morgan fingerprint density at radius 2 is 1.89 bits per heavy atom. The molecule has 19 heavy (non-hydrogen) atoms. The van der Waals surface area contributed by atoms with Gasteiger partial charge < -0.3 is 10.6 Å². The number of rotatable bonds is 3. The summed E-state index contributed by atoms with van der Waals surface area (Å²) in [6.07, 6.45) is 0. The lowest BCUT2D eigenvalue weighted by molar-refractivity contribution is -0.384. The molecular weight excluding hydrogens is 251 g/mol. The van der Waals surface area contributed by atoms with Crippen molar-refractivity contribution in [1.29, 1.82) is 0 Å². The first-order valence-electron chi connectivity index (χ1n) is 5.39. The van der Waals surface area contributed by atoms with E-state index in [1.165, 1.54) is 41.3 Å². The van der Waals surface area contributed by atoms with Gasteiger partial charge in [0, 0.05) is 18.8 Å². The molecule has 0 aliphatic carbocycles. The molecule has 1 aromatic carbocycles. The Kier molecular flexibility index (Phi) is 3.28. The van der Waals surface area contributed by atoms with Gasteiger partial charge in [-0.15, -0.1) is 0 Å². The van der Waals surface area contributed by atoms with Gasteiger partial charge in [-0.05, 0) is 30.3 Å². The van der Waals surface area contributed by atoms with E-state index in [0.717, 1.165) is 0 Å². The molecule has 0 atom stereocenters. The lowest BCUT2D eigenvalue weighted by atomic mass is 10.2. The predicted molar refractivity (Wildman–Crippen MR) is 69.8 cm³/mol. The first kappa shape index (κ1) is 12.7. The average molecular weight is 262 g/mol. The minimum absolute atomic E-state index is 0.108. The molecule has 0 aliphatic heterocycles. The van der Waals surface area contributed by atoms with E-state index in [4.69, 9.17) is 5.73 Å². The van der Waals surface area contributed by atoms with Gasteiger partial charge in [0.25, 0.3) is 0 Å². The summed E-state index contributed by atoms with van der Waals surface area (Å²) in [6.45, 7) is 0. The Bertz CT molecular complexity index is 616. The molecular formula is C12H11FN4O2. The van der Waals surface area contributed by atoms with Crippen LogP contribution in [0.4, 0.5) is 27.4 Å². The summed E-state index contributed by atoms with van der Waals surface area (Å²) in [5.41, 5.74) is 5.95. The monoisotopic (exact) mass is 262 g/mol. The van der Waals surface area contributed by atoms with Crippen LogP contribution in [0.25, 0.3) is 0 Å². The van der Waals surface area contributed by atoms with E-state index in [1.807, 2.05) is 0 Å². The summed E-state index contributed by atoms with van der Waals surface area (Å²) in [4.78, 5) is 15.9. The summed E-state index contributed by atoms with van der Waals surface area (Å²) in [5.74, 6) is -0.0987. The van der Waals surface area contributed by atoms with Crippen molar-refractivity contribution in [3.8, 4) is 0 Å². The maximum Gasteiger partial charge on any atom is 0.312 e. The SMILES string of the molecule is CN(c1ccc(F)cc1)c1nc(N)ccc1[N+](=O)[O-]. The lowest BCUT2D eigenvalue weighted by Crippen LogP contribution is -2.14. The van der Waals surface area contributed by atoms with Crippen LogP contribution in [0.3, 0.4) is 0 Å². The maximum atomic E-state index is 12.9. The van der Waals surface area contributed by atoms with Crippen LogP contribution in [0.15, 0.2) is 36.4 Å². The topological polar surface area (TPSA) is 85.3 Å². The number of hydrogen-bond acceptors (Lipinski definition) is 5. The van der Waals surface area contributed by atoms with Crippen molar-refractivity contribution < 1.29 is 9.31 Å².